The fourth-order valence-electron chi connectivity index (χ4n) is 1.81. The molecule has 0 saturated heterocycles. The minimum absolute atomic E-state index is 0.173. The van der Waals surface area contributed by atoms with Gasteiger partial charge in [-0.05, 0) is 43.1 Å². The van der Waals surface area contributed by atoms with Crippen LogP contribution in [0.3, 0.4) is 0 Å². The van der Waals surface area contributed by atoms with Crippen LogP contribution in [0.25, 0.3) is 0 Å². The van der Waals surface area contributed by atoms with Gasteiger partial charge >= 0.3 is 0 Å². The van der Waals surface area contributed by atoms with Crippen LogP contribution < -0.4 is 5.32 Å². The molecule has 0 radical (unpaired) electrons. The minimum Gasteiger partial charge on any atom is -0.383 e. The summed E-state index contributed by atoms with van der Waals surface area (Å²) in [6, 6.07) is 5.17. The number of likely N-dealkylation sites (N-methyl/N-ethyl adjacent to an activating group) is 1. The first-order valence-electron chi connectivity index (χ1n) is 5.64. The maximum Gasteiger partial charge on any atom is 0.123 e. The molecule has 0 aliphatic carbocycles. The highest BCUT2D eigenvalue weighted by atomic mass is 19.1. The Morgan fingerprint density at radius 3 is 2.81 bits per heavy atom. The van der Waals surface area contributed by atoms with Gasteiger partial charge in [0.05, 0.1) is 6.61 Å². The number of hydrogen-bond donors (Lipinski definition) is 1. The van der Waals surface area contributed by atoms with Crippen LogP contribution in [0.2, 0.25) is 0 Å². The van der Waals surface area contributed by atoms with Gasteiger partial charge in [-0.2, -0.15) is 0 Å². The Balaban J connectivity index is 2.71. The second-order valence-electron chi connectivity index (χ2n) is 3.98. The summed E-state index contributed by atoms with van der Waals surface area (Å²) < 4.78 is 18.3. The van der Waals surface area contributed by atoms with Crippen LogP contribution in [0.1, 0.15) is 18.1 Å². The van der Waals surface area contributed by atoms with Crippen LogP contribution in [-0.4, -0.2) is 26.3 Å². The number of benzene rings is 1. The molecule has 0 aromatic heterocycles. The van der Waals surface area contributed by atoms with Gasteiger partial charge in [0, 0.05) is 13.2 Å². The maximum absolute atomic E-state index is 13.1. The van der Waals surface area contributed by atoms with E-state index in [1.165, 1.54) is 6.07 Å². The molecular formula is C13H20FNO. The van der Waals surface area contributed by atoms with E-state index < -0.39 is 0 Å². The molecule has 0 aliphatic rings. The molecule has 1 atom stereocenters. The van der Waals surface area contributed by atoms with Gasteiger partial charge in [0.2, 0.25) is 0 Å². The Morgan fingerprint density at radius 1 is 1.44 bits per heavy atom. The standard InChI is InChI=1S/C13H20FNO/c1-4-15-13(9-16-3)8-11-7-12(14)6-5-10(11)2/h5-7,13,15H,4,8-9H2,1-3H3. The summed E-state index contributed by atoms with van der Waals surface area (Å²) >= 11 is 0. The molecule has 0 saturated carbocycles. The summed E-state index contributed by atoms with van der Waals surface area (Å²) in [7, 11) is 1.68. The third kappa shape index (κ3) is 3.91. The van der Waals surface area contributed by atoms with E-state index in [4.69, 9.17) is 4.74 Å². The third-order valence-electron chi connectivity index (χ3n) is 2.64. The first kappa shape index (κ1) is 13.1. The smallest absolute Gasteiger partial charge is 0.123 e. The molecule has 1 aromatic carbocycles. The summed E-state index contributed by atoms with van der Waals surface area (Å²) in [5, 5.41) is 3.33. The van der Waals surface area contributed by atoms with Crippen molar-refractivity contribution in [3.8, 4) is 0 Å². The van der Waals surface area contributed by atoms with Crippen molar-refractivity contribution in [1.82, 2.24) is 5.32 Å². The van der Waals surface area contributed by atoms with Gasteiger partial charge in [-0.25, -0.2) is 4.39 Å². The van der Waals surface area contributed by atoms with Crippen molar-refractivity contribution in [2.24, 2.45) is 0 Å². The van der Waals surface area contributed by atoms with E-state index in [-0.39, 0.29) is 11.9 Å². The lowest BCUT2D eigenvalue weighted by Gasteiger charge is -2.18. The second-order valence-corrected chi connectivity index (χ2v) is 3.98. The van der Waals surface area contributed by atoms with Gasteiger partial charge in [-0.3, -0.25) is 0 Å². The SMILES string of the molecule is CCNC(COC)Cc1cc(F)ccc1C. The highest BCUT2D eigenvalue weighted by Crippen LogP contribution is 2.12. The predicted octanol–water partition coefficient (Wildman–Crippen LogP) is 2.30. The van der Waals surface area contributed by atoms with E-state index in [1.807, 2.05) is 13.0 Å². The van der Waals surface area contributed by atoms with E-state index in [0.29, 0.717) is 6.61 Å². The Labute approximate surface area is 96.8 Å². The lowest BCUT2D eigenvalue weighted by Crippen LogP contribution is -2.35. The molecular weight excluding hydrogens is 205 g/mol. The summed E-state index contributed by atoms with van der Waals surface area (Å²) in [5.41, 5.74) is 2.17. The quantitative estimate of drug-likeness (QED) is 0.802. The minimum atomic E-state index is -0.173. The zero-order valence-corrected chi connectivity index (χ0v) is 10.2. The van der Waals surface area contributed by atoms with E-state index in [1.54, 1.807) is 13.2 Å². The Morgan fingerprint density at radius 2 is 2.19 bits per heavy atom. The molecule has 0 spiro atoms. The number of aryl methyl sites for hydroxylation is 1. The fourth-order valence-corrected chi connectivity index (χ4v) is 1.81. The van der Waals surface area contributed by atoms with Crippen molar-refractivity contribution in [2.45, 2.75) is 26.3 Å². The molecule has 1 N–H and O–H groups in total. The van der Waals surface area contributed by atoms with Crippen molar-refractivity contribution >= 4 is 0 Å². The van der Waals surface area contributed by atoms with Gasteiger partial charge in [0.1, 0.15) is 5.82 Å². The zero-order valence-electron chi connectivity index (χ0n) is 10.2. The summed E-state index contributed by atoms with van der Waals surface area (Å²) in [4.78, 5) is 0. The molecule has 90 valence electrons. The van der Waals surface area contributed by atoms with Crippen molar-refractivity contribution in [2.75, 3.05) is 20.3 Å². The summed E-state index contributed by atoms with van der Waals surface area (Å²) in [6.45, 7) is 5.60. The van der Waals surface area contributed by atoms with Crippen LogP contribution >= 0.6 is 0 Å². The van der Waals surface area contributed by atoms with Crippen molar-refractivity contribution < 1.29 is 9.13 Å². The number of hydrogen-bond acceptors (Lipinski definition) is 2. The number of halogens is 1. The monoisotopic (exact) mass is 225 g/mol. The maximum atomic E-state index is 13.1. The average molecular weight is 225 g/mol. The highest BCUT2D eigenvalue weighted by molar-refractivity contribution is 5.27. The van der Waals surface area contributed by atoms with Gasteiger partial charge in [0.15, 0.2) is 0 Å². The van der Waals surface area contributed by atoms with Crippen molar-refractivity contribution in [1.29, 1.82) is 0 Å². The zero-order chi connectivity index (χ0) is 12.0. The predicted molar refractivity (Wildman–Crippen MR) is 64.2 cm³/mol. The van der Waals surface area contributed by atoms with E-state index in [0.717, 1.165) is 24.1 Å². The molecule has 1 rings (SSSR count). The molecule has 0 fully saturated rings. The molecule has 0 aliphatic heterocycles. The van der Waals surface area contributed by atoms with Gasteiger partial charge in [-0.1, -0.05) is 13.0 Å². The van der Waals surface area contributed by atoms with Crippen LogP contribution in [0.5, 0.6) is 0 Å². The molecule has 0 heterocycles. The van der Waals surface area contributed by atoms with Gasteiger partial charge < -0.3 is 10.1 Å². The molecule has 16 heavy (non-hydrogen) atoms. The molecule has 1 aromatic rings. The normalized spacial score (nSPS) is 12.8. The Bertz CT molecular complexity index is 322. The van der Waals surface area contributed by atoms with Gasteiger partial charge in [-0.15, -0.1) is 0 Å². The molecule has 3 heteroatoms. The number of ether oxygens (including phenoxy) is 1. The number of rotatable bonds is 6. The van der Waals surface area contributed by atoms with E-state index >= 15 is 0 Å². The van der Waals surface area contributed by atoms with Gasteiger partial charge in [0.25, 0.3) is 0 Å². The average Bonchev–Trinajstić information content (AvgIpc) is 2.24. The fraction of sp³-hybridized carbons (Fsp3) is 0.538. The highest BCUT2D eigenvalue weighted by Gasteiger charge is 2.10. The molecule has 0 bridgehead atoms. The molecule has 0 amide bonds. The third-order valence-corrected chi connectivity index (χ3v) is 2.64. The largest absolute Gasteiger partial charge is 0.383 e. The van der Waals surface area contributed by atoms with Crippen molar-refractivity contribution in [3.05, 3.63) is 35.1 Å². The van der Waals surface area contributed by atoms with Crippen LogP contribution in [0.4, 0.5) is 4.39 Å². The summed E-state index contributed by atoms with van der Waals surface area (Å²) in [5.74, 6) is -0.173. The molecule has 1 unspecified atom stereocenters. The van der Waals surface area contributed by atoms with Crippen LogP contribution in [-0.2, 0) is 11.2 Å². The molecule has 2 nitrogen and oxygen atoms in total. The van der Waals surface area contributed by atoms with E-state index in [9.17, 15) is 4.39 Å². The van der Waals surface area contributed by atoms with E-state index in [2.05, 4.69) is 12.2 Å². The van der Waals surface area contributed by atoms with Crippen LogP contribution in [0, 0.1) is 12.7 Å². The van der Waals surface area contributed by atoms with Crippen molar-refractivity contribution in [3.63, 3.8) is 0 Å². The lowest BCUT2D eigenvalue weighted by atomic mass is 10.0. The van der Waals surface area contributed by atoms with Crippen LogP contribution in [0.15, 0.2) is 18.2 Å². The topological polar surface area (TPSA) is 21.3 Å². The second kappa shape index (κ2) is 6.61. The first-order chi connectivity index (χ1) is 7.67. The Hall–Kier alpha value is -0.930. The number of nitrogens with one attached hydrogen (secondary N) is 1. The Kier molecular flexibility index (Phi) is 5.43. The summed E-state index contributed by atoms with van der Waals surface area (Å²) in [6.07, 6.45) is 0.797. The number of methoxy groups -OCH3 is 1. The lowest BCUT2D eigenvalue weighted by molar-refractivity contribution is 0.167. The first-order valence-corrected chi connectivity index (χ1v) is 5.64.